The molecule has 0 amide bonds. The first kappa shape index (κ1) is 11.3. The molecule has 2 N–H and O–H groups in total. The molecule has 0 radical (unpaired) electrons. The SMILES string of the molecule is CCCc1cc(=O)[nH]c(C2CCNCC2)n1. The zero-order chi connectivity index (χ0) is 11.4. The van der Waals surface area contributed by atoms with Crippen LogP contribution in [0.3, 0.4) is 0 Å². The Morgan fingerprint density at radius 1 is 1.44 bits per heavy atom. The molecule has 1 aliphatic heterocycles. The van der Waals surface area contributed by atoms with Gasteiger partial charge in [0.1, 0.15) is 5.82 Å². The summed E-state index contributed by atoms with van der Waals surface area (Å²) in [6.45, 7) is 4.14. The second-order valence-electron chi connectivity index (χ2n) is 4.40. The lowest BCUT2D eigenvalue weighted by atomic mass is 9.97. The highest BCUT2D eigenvalue weighted by molar-refractivity contribution is 5.07. The molecule has 0 atom stereocenters. The number of H-pyrrole nitrogens is 1. The molecule has 2 heterocycles. The third kappa shape index (κ3) is 2.70. The molecule has 1 aromatic heterocycles. The van der Waals surface area contributed by atoms with Gasteiger partial charge in [-0.1, -0.05) is 13.3 Å². The predicted molar refractivity (Wildman–Crippen MR) is 63.7 cm³/mol. The van der Waals surface area contributed by atoms with Crippen molar-refractivity contribution < 1.29 is 0 Å². The molecule has 1 fully saturated rings. The van der Waals surface area contributed by atoms with Crippen LogP contribution in [0.5, 0.6) is 0 Å². The van der Waals surface area contributed by atoms with Crippen molar-refractivity contribution >= 4 is 0 Å². The van der Waals surface area contributed by atoms with Gasteiger partial charge in [0.25, 0.3) is 5.56 Å². The van der Waals surface area contributed by atoms with Crippen molar-refractivity contribution in [3.63, 3.8) is 0 Å². The van der Waals surface area contributed by atoms with Gasteiger partial charge in [-0.15, -0.1) is 0 Å². The fourth-order valence-corrected chi connectivity index (χ4v) is 2.20. The van der Waals surface area contributed by atoms with Crippen molar-refractivity contribution in [2.45, 2.75) is 38.5 Å². The number of aryl methyl sites for hydroxylation is 1. The van der Waals surface area contributed by atoms with Crippen LogP contribution < -0.4 is 10.9 Å². The fraction of sp³-hybridized carbons (Fsp3) is 0.667. The monoisotopic (exact) mass is 221 g/mol. The highest BCUT2D eigenvalue weighted by atomic mass is 16.1. The van der Waals surface area contributed by atoms with Crippen LogP contribution in [0.2, 0.25) is 0 Å². The molecule has 4 nitrogen and oxygen atoms in total. The van der Waals surface area contributed by atoms with Crippen molar-refractivity contribution in [2.24, 2.45) is 0 Å². The molecular weight excluding hydrogens is 202 g/mol. The second kappa shape index (κ2) is 5.25. The quantitative estimate of drug-likeness (QED) is 0.806. The van der Waals surface area contributed by atoms with Crippen molar-refractivity contribution in [3.05, 3.63) is 27.9 Å². The van der Waals surface area contributed by atoms with Gasteiger partial charge in [-0.05, 0) is 32.4 Å². The Bertz CT molecular complexity index is 393. The van der Waals surface area contributed by atoms with E-state index in [0.29, 0.717) is 5.92 Å². The van der Waals surface area contributed by atoms with Gasteiger partial charge in [-0.25, -0.2) is 4.98 Å². The lowest BCUT2D eigenvalue weighted by molar-refractivity contribution is 0.443. The smallest absolute Gasteiger partial charge is 0.251 e. The summed E-state index contributed by atoms with van der Waals surface area (Å²) in [6.07, 6.45) is 4.06. The molecule has 0 unspecified atom stereocenters. The summed E-state index contributed by atoms with van der Waals surface area (Å²) in [5.41, 5.74) is 0.923. The lowest BCUT2D eigenvalue weighted by Crippen LogP contribution is -2.28. The van der Waals surface area contributed by atoms with Crippen LogP contribution in [-0.4, -0.2) is 23.1 Å². The molecule has 1 aromatic rings. The molecule has 4 heteroatoms. The maximum absolute atomic E-state index is 11.5. The van der Waals surface area contributed by atoms with Gasteiger partial charge < -0.3 is 10.3 Å². The molecule has 0 aliphatic carbocycles. The number of hydrogen-bond donors (Lipinski definition) is 2. The topological polar surface area (TPSA) is 57.8 Å². The van der Waals surface area contributed by atoms with E-state index in [2.05, 4.69) is 22.2 Å². The summed E-state index contributed by atoms with van der Waals surface area (Å²) in [5, 5.41) is 3.32. The zero-order valence-corrected chi connectivity index (χ0v) is 9.75. The summed E-state index contributed by atoms with van der Waals surface area (Å²) < 4.78 is 0. The van der Waals surface area contributed by atoms with Crippen LogP contribution in [0.1, 0.15) is 43.6 Å². The van der Waals surface area contributed by atoms with Gasteiger partial charge >= 0.3 is 0 Å². The van der Waals surface area contributed by atoms with Gasteiger partial charge in [0.05, 0.1) is 0 Å². The van der Waals surface area contributed by atoms with Crippen LogP contribution in [0.15, 0.2) is 10.9 Å². The van der Waals surface area contributed by atoms with Gasteiger partial charge in [0, 0.05) is 17.7 Å². The highest BCUT2D eigenvalue weighted by Crippen LogP contribution is 2.21. The largest absolute Gasteiger partial charge is 0.317 e. The first-order valence-corrected chi connectivity index (χ1v) is 6.10. The molecule has 16 heavy (non-hydrogen) atoms. The first-order valence-electron chi connectivity index (χ1n) is 6.10. The molecule has 2 rings (SSSR count). The van der Waals surface area contributed by atoms with Gasteiger partial charge in [-0.3, -0.25) is 4.79 Å². The van der Waals surface area contributed by atoms with E-state index in [0.717, 1.165) is 50.3 Å². The molecule has 1 aliphatic rings. The van der Waals surface area contributed by atoms with E-state index in [1.165, 1.54) is 0 Å². The summed E-state index contributed by atoms with van der Waals surface area (Å²) >= 11 is 0. The van der Waals surface area contributed by atoms with Gasteiger partial charge in [0.2, 0.25) is 0 Å². The van der Waals surface area contributed by atoms with Crippen LogP contribution >= 0.6 is 0 Å². The van der Waals surface area contributed by atoms with Crippen molar-refractivity contribution in [1.82, 2.24) is 15.3 Å². The number of piperidine rings is 1. The number of rotatable bonds is 3. The normalized spacial score (nSPS) is 17.6. The van der Waals surface area contributed by atoms with Crippen LogP contribution in [0, 0.1) is 0 Å². The van der Waals surface area contributed by atoms with Gasteiger partial charge in [-0.2, -0.15) is 0 Å². The van der Waals surface area contributed by atoms with E-state index < -0.39 is 0 Å². The van der Waals surface area contributed by atoms with Crippen molar-refractivity contribution in [3.8, 4) is 0 Å². The average Bonchev–Trinajstić information content (AvgIpc) is 2.30. The first-order chi connectivity index (χ1) is 7.79. The lowest BCUT2D eigenvalue weighted by Gasteiger charge is -2.21. The second-order valence-corrected chi connectivity index (χ2v) is 4.40. The number of aromatic amines is 1. The average molecular weight is 221 g/mol. The standard InChI is InChI=1S/C12H19N3O/c1-2-3-10-8-11(16)15-12(14-10)9-4-6-13-7-5-9/h8-9,13H,2-7H2,1H3,(H,14,15,16). The molecule has 0 bridgehead atoms. The minimum Gasteiger partial charge on any atom is -0.317 e. The van der Waals surface area contributed by atoms with E-state index in [-0.39, 0.29) is 5.56 Å². The summed E-state index contributed by atoms with van der Waals surface area (Å²) in [6, 6.07) is 1.62. The van der Waals surface area contributed by atoms with E-state index in [9.17, 15) is 4.79 Å². The molecule has 0 aromatic carbocycles. The van der Waals surface area contributed by atoms with Gasteiger partial charge in [0.15, 0.2) is 0 Å². The minimum atomic E-state index is -0.00742. The molecule has 0 saturated carbocycles. The molecular formula is C12H19N3O. The Hall–Kier alpha value is -1.16. The number of nitrogens with one attached hydrogen (secondary N) is 2. The number of aromatic nitrogens is 2. The van der Waals surface area contributed by atoms with Crippen LogP contribution in [0.25, 0.3) is 0 Å². The Kier molecular flexibility index (Phi) is 3.72. The van der Waals surface area contributed by atoms with Crippen LogP contribution in [0.4, 0.5) is 0 Å². The molecule has 1 saturated heterocycles. The molecule has 0 spiro atoms. The van der Waals surface area contributed by atoms with Crippen molar-refractivity contribution in [2.75, 3.05) is 13.1 Å². The fourth-order valence-electron chi connectivity index (χ4n) is 2.20. The van der Waals surface area contributed by atoms with E-state index >= 15 is 0 Å². The van der Waals surface area contributed by atoms with E-state index in [1.54, 1.807) is 6.07 Å². The molecule has 88 valence electrons. The maximum atomic E-state index is 11.5. The Morgan fingerprint density at radius 3 is 2.88 bits per heavy atom. The maximum Gasteiger partial charge on any atom is 0.251 e. The minimum absolute atomic E-state index is 0.00742. The Labute approximate surface area is 95.5 Å². The Balaban J connectivity index is 2.21. The van der Waals surface area contributed by atoms with E-state index in [1.807, 2.05) is 0 Å². The highest BCUT2D eigenvalue weighted by Gasteiger charge is 2.17. The van der Waals surface area contributed by atoms with Crippen LogP contribution in [-0.2, 0) is 6.42 Å². The number of hydrogen-bond acceptors (Lipinski definition) is 3. The summed E-state index contributed by atoms with van der Waals surface area (Å²) in [5.74, 6) is 1.31. The third-order valence-corrected chi connectivity index (χ3v) is 3.05. The Morgan fingerprint density at radius 2 is 2.19 bits per heavy atom. The summed E-state index contributed by atoms with van der Waals surface area (Å²) in [7, 11) is 0. The third-order valence-electron chi connectivity index (χ3n) is 3.05. The van der Waals surface area contributed by atoms with E-state index in [4.69, 9.17) is 0 Å². The predicted octanol–water partition coefficient (Wildman–Crippen LogP) is 1.19. The zero-order valence-electron chi connectivity index (χ0n) is 9.75. The summed E-state index contributed by atoms with van der Waals surface area (Å²) in [4.78, 5) is 19.0. The number of nitrogens with zero attached hydrogens (tertiary/aromatic N) is 1. The van der Waals surface area contributed by atoms with Crippen molar-refractivity contribution in [1.29, 1.82) is 0 Å².